The Balaban J connectivity index is 1.49. The van der Waals surface area contributed by atoms with Crippen LogP contribution in [-0.4, -0.2) is 21.2 Å². The average Bonchev–Trinajstić information content (AvgIpc) is 3.05. The highest BCUT2D eigenvalue weighted by atomic mass is 79.9. The molecular formula is C20H20BrN5O. The van der Waals surface area contributed by atoms with E-state index in [4.69, 9.17) is 0 Å². The summed E-state index contributed by atoms with van der Waals surface area (Å²) >= 11 is 3.52. The number of anilines is 1. The molecule has 0 atom stereocenters. The number of aromatic nitrogens is 3. The summed E-state index contributed by atoms with van der Waals surface area (Å²) in [4.78, 5) is 17.0. The van der Waals surface area contributed by atoms with Gasteiger partial charge in [-0.15, -0.1) is 0 Å². The average molecular weight is 426 g/mol. The van der Waals surface area contributed by atoms with Gasteiger partial charge in [-0.2, -0.15) is 5.10 Å². The van der Waals surface area contributed by atoms with Crippen molar-refractivity contribution in [1.29, 1.82) is 0 Å². The Kier molecular flexibility index (Phi) is 4.70. The Bertz CT molecular complexity index is 980. The second-order valence-electron chi connectivity index (χ2n) is 6.85. The molecule has 3 aromatic rings. The minimum atomic E-state index is -0.299. The standard InChI is InChI=1S/C20H20BrN5O/c1-13-22-18(26-25-13)14-5-2-8-17(11-14)23-19(27)24-20(9-4-10-20)15-6-3-7-16(21)12-15/h2-3,5-8,11-12H,4,9-10H2,1H3,(H,22,25,26)(H2,23,24,27). The van der Waals surface area contributed by atoms with E-state index >= 15 is 0 Å². The van der Waals surface area contributed by atoms with Crippen molar-refractivity contribution in [2.75, 3.05) is 5.32 Å². The number of nitrogens with zero attached hydrogens (tertiary/aromatic N) is 2. The summed E-state index contributed by atoms with van der Waals surface area (Å²) in [6.07, 6.45) is 2.98. The zero-order chi connectivity index (χ0) is 18.9. The molecular weight excluding hydrogens is 406 g/mol. The second kappa shape index (κ2) is 7.15. The molecule has 1 heterocycles. The number of hydrogen-bond acceptors (Lipinski definition) is 3. The number of hydrogen-bond donors (Lipinski definition) is 3. The molecule has 1 aliphatic carbocycles. The SMILES string of the molecule is Cc1nc(-c2cccc(NC(=O)NC3(c4cccc(Br)c4)CCC3)c2)n[nH]1. The van der Waals surface area contributed by atoms with Gasteiger partial charge < -0.3 is 10.6 Å². The van der Waals surface area contributed by atoms with Gasteiger partial charge >= 0.3 is 6.03 Å². The van der Waals surface area contributed by atoms with Gasteiger partial charge in [0.15, 0.2) is 5.82 Å². The third-order valence-electron chi connectivity index (χ3n) is 4.91. The van der Waals surface area contributed by atoms with E-state index in [-0.39, 0.29) is 11.6 Å². The summed E-state index contributed by atoms with van der Waals surface area (Å²) in [5, 5.41) is 13.1. The van der Waals surface area contributed by atoms with Gasteiger partial charge in [-0.05, 0) is 56.0 Å². The number of nitrogens with one attached hydrogen (secondary N) is 3. The third kappa shape index (κ3) is 3.73. The zero-order valence-electron chi connectivity index (χ0n) is 14.9. The van der Waals surface area contributed by atoms with Crippen LogP contribution >= 0.6 is 15.9 Å². The normalized spacial score (nSPS) is 15.0. The molecule has 0 saturated heterocycles. The molecule has 0 bridgehead atoms. The summed E-state index contributed by atoms with van der Waals surface area (Å²) < 4.78 is 1.02. The molecule has 0 unspecified atom stereocenters. The van der Waals surface area contributed by atoms with Crippen molar-refractivity contribution in [3.63, 3.8) is 0 Å². The lowest BCUT2D eigenvalue weighted by atomic mass is 9.72. The van der Waals surface area contributed by atoms with Gasteiger partial charge in [-0.1, -0.05) is 40.2 Å². The number of halogens is 1. The molecule has 6 nitrogen and oxygen atoms in total. The van der Waals surface area contributed by atoms with Crippen LogP contribution in [0.5, 0.6) is 0 Å². The van der Waals surface area contributed by atoms with Crippen LogP contribution in [0.3, 0.4) is 0 Å². The first-order chi connectivity index (χ1) is 13.0. The fraction of sp³-hybridized carbons (Fsp3) is 0.250. The van der Waals surface area contributed by atoms with Gasteiger partial charge in [0.2, 0.25) is 0 Å². The van der Waals surface area contributed by atoms with Crippen LogP contribution in [0.4, 0.5) is 10.5 Å². The highest BCUT2D eigenvalue weighted by molar-refractivity contribution is 9.10. The zero-order valence-corrected chi connectivity index (χ0v) is 16.5. The van der Waals surface area contributed by atoms with Crippen molar-refractivity contribution in [2.24, 2.45) is 0 Å². The van der Waals surface area contributed by atoms with Crippen molar-refractivity contribution in [2.45, 2.75) is 31.7 Å². The number of benzene rings is 2. The minimum absolute atomic E-state index is 0.210. The number of urea groups is 1. The highest BCUT2D eigenvalue weighted by Crippen LogP contribution is 2.42. The van der Waals surface area contributed by atoms with Crippen molar-refractivity contribution in [3.8, 4) is 11.4 Å². The molecule has 0 spiro atoms. The Labute approximate surface area is 165 Å². The predicted octanol–water partition coefficient (Wildman–Crippen LogP) is 4.74. The molecule has 1 fully saturated rings. The molecule has 2 aromatic carbocycles. The quantitative estimate of drug-likeness (QED) is 0.564. The molecule has 2 amide bonds. The van der Waals surface area contributed by atoms with E-state index in [1.54, 1.807) is 0 Å². The van der Waals surface area contributed by atoms with E-state index in [1.807, 2.05) is 43.3 Å². The van der Waals surface area contributed by atoms with Gasteiger partial charge in [0.1, 0.15) is 5.82 Å². The maximum Gasteiger partial charge on any atom is 0.319 e. The molecule has 138 valence electrons. The summed E-state index contributed by atoms with van der Waals surface area (Å²) in [6, 6.07) is 15.4. The summed E-state index contributed by atoms with van der Waals surface area (Å²) in [6.45, 7) is 1.85. The molecule has 0 radical (unpaired) electrons. The van der Waals surface area contributed by atoms with Crippen LogP contribution in [0.2, 0.25) is 0 Å². The van der Waals surface area contributed by atoms with Gasteiger partial charge in [-0.25, -0.2) is 9.78 Å². The molecule has 1 saturated carbocycles. The van der Waals surface area contributed by atoms with Gasteiger partial charge in [0, 0.05) is 15.7 Å². The van der Waals surface area contributed by atoms with Crippen LogP contribution in [-0.2, 0) is 5.54 Å². The van der Waals surface area contributed by atoms with Crippen LogP contribution in [0.15, 0.2) is 53.0 Å². The first-order valence-electron chi connectivity index (χ1n) is 8.89. The van der Waals surface area contributed by atoms with Crippen LogP contribution in [0, 0.1) is 6.92 Å². The van der Waals surface area contributed by atoms with E-state index in [2.05, 4.69) is 53.9 Å². The van der Waals surface area contributed by atoms with Crippen molar-refractivity contribution in [1.82, 2.24) is 20.5 Å². The Morgan fingerprint density at radius 1 is 1.19 bits per heavy atom. The maximum absolute atomic E-state index is 12.7. The highest BCUT2D eigenvalue weighted by Gasteiger charge is 2.40. The number of amides is 2. The summed E-state index contributed by atoms with van der Waals surface area (Å²) in [5.74, 6) is 1.36. The Morgan fingerprint density at radius 3 is 2.67 bits per heavy atom. The first-order valence-corrected chi connectivity index (χ1v) is 9.68. The van der Waals surface area contributed by atoms with E-state index < -0.39 is 0 Å². The summed E-state index contributed by atoms with van der Waals surface area (Å²) in [5.41, 5.74) is 2.38. The Morgan fingerprint density at radius 2 is 2.00 bits per heavy atom. The molecule has 1 aromatic heterocycles. The van der Waals surface area contributed by atoms with E-state index in [1.165, 1.54) is 0 Å². The van der Waals surface area contributed by atoms with Gasteiger partial charge in [0.25, 0.3) is 0 Å². The van der Waals surface area contributed by atoms with Crippen LogP contribution in [0.25, 0.3) is 11.4 Å². The predicted molar refractivity (Wildman–Crippen MR) is 108 cm³/mol. The molecule has 0 aliphatic heterocycles. The van der Waals surface area contributed by atoms with E-state index in [0.717, 1.165) is 40.7 Å². The molecule has 27 heavy (non-hydrogen) atoms. The molecule has 3 N–H and O–H groups in total. The van der Waals surface area contributed by atoms with Crippen LogP contribution in [0.1, 0.15) is 30.7 Å². The molecule has 4 rings (SSSR count). The van der Waals surface area contributed by atoms with Crippen molar-refractivity contribution < 1.29 is 4.79 Å². The third-order valence-corrected chi connectivity index (χ3v) is 5.41. The topological polar surface area (TPSA) is 82.7 Å². The Hall–Kier alpha value is -2.67. The fourth-order valence-electron chi connectivity index (χ4n) is 3.39. The second-order valence-corrected chi connectivity index (χ2v) is 7.77. The van der Waals surface area contributed by atoms with Crippen molar-refractivity contribution in [3.05, 3.63) is 64.4 Å². The number of carbonyl (C=O) groups excluding carboxylic acids is 1. The number of aromatic amines is 1. The lowest BCUT2D eigenvalue weighted by molar-refractivity contribution is 0.185. The molecule has 1 aliphatic rings. The summed E-state index contributed by atoms with van der Waals surface area (Å²) in [7, 11) is 0. The van der Waals surface area contributed by atoms with Crippen LogP contribution < -0.4 is 10.6 Å². The number of rotatable bonds is 4. The molecule has 7 heteroatoms. The monoisotopic (exact) mass is 425 g/mol. The number of H-pyrrole nitrogens is 1. The largest absolute Gasteiger partial charge is 0.328 e. The minimum Gasteiger partial charge on any atom is -0.328 e. The fourth-order valence-corrected chi connectivity index (χ4v) is 3.79. The van der Waals surface area contributed by atoms with Gasteiger partial charge in [0.05, 0.1) is 5.54 Å². The van der Waals surface area contributed by atoms with Crippen molar-refractivity contribution >= 4 is 27.6 Å². The van der Waals surface area contributed by atoms with E-state index in [9.17, 15) is 4.79 Å². The smallest absolute Gasteiger partial charge is 0.319 e. The lowest BCUT2D eigenvalue weighted by Gasteiger charge is -2.43. The lowest BCUT2D eigenvalue weighted by Crippen LogP contribution is -2.52. The number of aryl methyl sites for hydroxylation is 1. The van der Waals surface area contributed by atoms with Gasteiger partial charge in [-0.3, -0.25) is 5.10 Å². The number of carbonyl (C=O) groups is 1. The van der Waals surface area contributed by atoms with E-state index in [0.29, 0.717) is 11.5 Å². The maximum atomic E-state index is 12.7. The first kappa shape index (κ1) is 17.7.